The Bertz CT molecular complexity index is 758. The van der Waals surface area contributed by atoms with Crippen molar-refractivity contribution in [2.45, 2.75) is 37.7 Å². The maximum atomic E-state index is 12.9. The van der Waals surface area contributed by atoms with E-state index in [0.717, 1.165) is 49.2 Å². The van der Waals surface area contributed by atoms with E-state index < -0.39 is 0 Å². The van der Waals surface area contributed by atoms with Gasteiger partial charge in [0.05, 0.1) is 25.2 Å². The van der Waals surface area contributed by atoms with Gasteiger partial charge in [0, 0.05) is 32.2 Å². The molecule has 0 bridgehead atoms. The van der Waals surface area contributed by atoms with E-state index in [1.807, 2.05) is 30.1 Å². The van der Waals surface area contributed by atoms with Crippen LogP contribution in [0.25, 0.3) is 0 Å². The van der Waals surface area contributed by atoms with E-state index in [4.69, 9.17) is 19.4 Å². The van der Waals surface area contributed by atoms with E-state index in [1.54, 1.807) is 4.90 Å². The van der Waals surface area contributed by atoms with Gasteiger partial charge in [-0.1, -0.05) is 0 Å². The Labute approximate surface area is 170 Å². The topological polar surface area (TPSA) is 96.4 Å². The second kappa shape index (κ2) is 9.26. The number of rotatable bonds is 1. The van der Waals surface area contributed by atoms with Crippen LogP contribution >= 0.6 is 0 Å². The van der Waals surface area contributed by atoms with Gasteiger partial charge in [0.1, 0.15) is 5.75 Å². The van der Waals surface area contributed by atoms with Gasteiger partial charge < -0.3 is 24.4 Å². The fraction of sp³-hybridized carbons (Fsp3) is 0.571. The molecule has 0 aromatic heterocycles. The lowest BCUT2D eigenvalue weighted by Gasteiger charge is -2.42. The predicted octanol–water partition coefficient (Wildman–Crippen LogP) is 1.57. The van der Waals surface area contributed by atoms with E-state index >= 15 is 0 Å². The van der Waals surface area contributed by atoms with Crippen molar-refractivity contribution in [1.29, 1.82) is 0 Å². The summed E-state index contributed by atoms with van der Waals surface area (Å²) < 4.78 is 11.7. The zero-order chi connectivity index (χ0) is 20.9. The molecule has 2 saturated heterocycles. The quantitative estimate of drug-likeness (QED) is 0.714. The number of likely N-dealkylation sites (tertiary alicyclic amines) is 1. The van der Waals surface area contributed by atoms with Crippen molar-refractivity contribution < 1.29 is 29.0 Å². The van der Waals surface area contributed by atoms with Crippen LogP contribution in [0, 0.1) is 0 Å². The summed E-state index contributed by atoms with van der Waals surface area (Å²) in [6.45, 7) is 2.92. The van der Waals surface area contributed by atoms with Crippen molar-refractivity contribution in [1.82, 2.24) is 9.80 Å². The first kappa shape index (κ1) is 21.1. The summed E-state index contributed by atoms with van der Waals surface area (Å²) in [6, 6.07) is 5.77. The number of aryl methyl sites for hydroxylation is 1. The number of amides is 2. The average Bonchev–Trinajstić information content (AvgIpc) is 2.86. The lowest BCUT2D eigenvalue weighted by Crippen LogP contribution is -2.52. The summed E-state index contributed by atoms with van der Waals surface area (Å²) in [6.07, 6.45) is 3.95. The first-order valence-electron chi connectivity index (χ1n) is 9.99. The molecule has 1 spiro atoms. The molecule has 0 atom stereocenters. The van der Waals surface area contributed by atoms with Gasteiger partial charge in [-0.25, -0.2) is 0 Å². The zero-order valence-corrected chi connectivity index (χ0v) is 16.8. The van der Waals surface area contributed by atoms with Crippen LogP contribution in [0.15, 0.2) is 18.2 Å². The van der Waals surface area contributed by atoms with E-state index in [0.29, 0.717) is 32.7 Å². The molecule has 3 aliphatic rings. The molecule has 158 valence electrons. The molecule has 0 unspecified atom stereocenters. The minimum atomic E-state index is -0.304. The lowest BCUT2D eigenvalue weighted by atomic mass is 9.90. The molecule has 8 heteroatoms. The third-order valence-corrected chi connectivity index (χ3v) is 5.79. The predicted molar refractivity (Wildman–Crippen MR) is 105 cm³/mol. The maximum absolute atomic E-state index is 12.9. The fourth-order valence-corrected chi connectivity index (χ4v) is 4.21. The summed E-state index contributed by atoms with van der Waals surface area (Å²) >= 11 is 0. The van der Waals surface area contributed by atoms with Gasteiger partial charge in [-0.2, -0.15) is 0 Å². The number of nitrogens with zero attached hydrogens (tertiary/aromatic N) is 2. The highest BCUT2D eigenvalue weighted by atomic mass is 16.5. The standard InChI is InChI=1S/C20H26N2O4.CH2O2/c1-21-14-20(26-12-6-18(21)23)7-9-22(10-8-20)19(24)16-4-5-17-15(13-16)3-2-11-25-17;2-1-3/h4-5,13H,2-3,6-12,14H2,1H3;1H,(H,2,3). The molecule has 3 heterocycles. The van der Waals surface area contributed by atoms with Crippen LogP contribution < -0.4 is 4.74 Å². The average molecular weight is 404 g/mol. The minimum Gasteiger partial charge on any atom is -0.493 e. The third kappa shape index (κ3) is 4.87. The van der Waals surface area contributed by atoms with Gasteiger partial charge >= 0.3 is 0 Å². The smallest absolute Gasteiger partial charge is 0.290 e. The number of hydrogen-bond acceptors (Lipinski definition) is 5. The van der Waals surface area contributed by atoms with Crippen LogP contribution in [-0.2, 0) is 20.7 Å². The number of likely N-dealkylation sites (N-methyl/N-ethyl adjacent to an activating group) is 1. The Morgan fingerprint density at radius 3 is 2.66 bits per heavy atom. The van der Waals surface area contributed by atoms with Gasteiger partial charge in [0.25, 0.3) is 12.4 Å². The third-order valence-electron chi connectivity index (χ3n) is 5.79. The summed E-state index contributed by atoms with van der Waals surface area (Å²) in [4.78, 5) is 36.8. The molecule has 1 N–H and O–H groups in total. The second-order valence-corrected chi connectivity index (χ2v) is 7.70. The zero-order valence-electron chi connectivity index (χ0n) is 16.8. The molecule has 1 aromatic carbocycles. The molecule has 8 nitrogen and oxygen atoms in total. The Balaban J connectivity index is 0.000000755. The van der Waals surface area contributed by atoms with E-state index in [-0.39, 0.29) is 23.9 Å². The molecule has 29 heavy (non-hydrogen) atoms. The monoisotopic (exact) mass is 404 g/mol. The molecular weight excluding hydrogens is 376 g/mol. The van der Waals surface area contributed by atoms with E-state index in [9.17, 15) is 9.59 Å². The fourth-order valence-electron chi connectivity index (χ4n) is 4.21. The van der Waals surface area contributed by atoms with Crippen LogP contribution in [0.5, 0.6) is 5.75 Å². The summed E-state index contributed by atoms with van der Waals surface area (Å²) in [7, 11) is 1.84. The number of carbonyl (C=O) groups is 3. The Morgan fingerprint density at radius 2 is 1.93 bits per heavy atom. The summed E-state index contributed by atoms with van der Waals surface area (Å²) in [5, 5.41) is 6.89. The van der Waals surface area contributed by atoms with Crippen molar-refractivity contribution >= 4 is 18.3 Å². The molecular formula is C21H28N2O6. The molecule has 0 aliphatic carbocycles. The van der Waals surface area contributed by atoms with Gasteiger partial charge in [-0.05, 0) is 49.4 Å². The van der Waals surface area contributed by atoms with Gasteiger partial charge in [-0.15, -0.1) is 0 Å². The number of benzene rings is 1. The van der Waals surface area contributed by atoms with Crippen molar-refractivity contribution in [2.24, 2.45) is 0 Å². The maximum Gasteiger partial charge on any atom is 0.290 e. The van der Waals surface area contributed by atoms with Crippen molar-refractivity contribution in [3.05, 3.63) is 29.3 Å². The molecule has 2 fully saturated rings. The highest BCUT2D eigenvalue weighted by Crippen LogP contribution is 2.31. The first-order chi connectivity index (χ1) is 14.0. The van der Waals surface area contributed by atoms with Crippen LogP contribution in [-0.4, -0.2) is 78.7 Å². The summed E-state index contributed by atoms with van der Waals surface area (Å²) in [5.74, 6) is 1.12. The Hall–Kier alpha value is -2.61. The number of carboxylic acid groups (broad SMARTS) is 1. The number of hydrogen-bond donors (Lipinski definition) is 1. The van der Waals surface area contributed by atoms with E-state index in [2.05, 4.69) is 0 Å². The Morgan fingerprint density at radius 1 is 1.21 bits per heavy atom. The molecule has 3 aliphatic heterocycles. The SMILES string of the molecule is CN1CC2(CCN(C(=O)c3ccc4c(c3)CCCO4)CC2)OCCC1=O.O=CO. The second-order valence-electron chi connectivity index (χ2n) is 7.70. The largest absolute Gasteiger partial charge is 0.493 e. The van der Waals surface area contributed by atoms with Crippen LogP contribution in [0.1, 0.15) is 41.6 Å². The van der Waals surface area contributed by atoms with Crippen molar-refractivity contribution in [3.8, 4) is 5.75 Å². The van der Waals surface area contributed by atoms with Crippen LogP contribution in [0.3, 0.4) is 0 Å². The normalized spacial score (nSPS) is 20.7. The molecule has 0 radical (unpaired) electrons. The highest BCUT2D eigenvalue weighted by Gasteiger charge is 2.40. The molecule has 0 saturated carbocycles. The number of ether oxygens (including phenoxy) is 2. The van der Waals surface area contributed by atoms with Crippen molar-refractivity contribution in [2.75, 3.05) is 39.9 Å². The highest BCUT2D eigenvalue weighted by molar-refractivity contribution is 5.94. The van der Waals surface area contributed by atoms with E-state index in [1.165, 1.54) is 0 Å². The van der Waals surface area contributed by atoms with Gasteiger partial charge in [0.15, 0.2) is 0 Å². The number of fused-ring (bicyclic) bond motifs is 1. The summed E-state index contributed by atoms with van der Waals surface area (Å²) in [5.41, 5.74) is 1.56. The molecule has 4 rings (SSSR count). The lowest BCUT2D eigenvalue weighted by molar-refractivity contribution is -0.130. The number of carbonyl (C=O) groups excluding carboxylic acids is 2. The minimum absolute atomic E-state index is 0.0753. The van der Waals surface area contributed by atoms with Crippen LogP contribution in [0.4, 0.5) is 0 Å². The van der Waals surface area contributed by atoms with Gasteiger partial charge in [0.2, 0.25) is 5.91 Å². The Kier molecular flexibility index (Phi) is 6.74. The van der Waals surface area contributed by atoms with Crippen LogP contribution in [0.2, 0.25) is 0 Å². The molecule has 1 aromatic rings. The first-order valence-corrected chi connectivity index (χ1v) is 9.99. The van der Waals surface area contributed by atoms with Gasteiger partial charge in [-0.3, -0.25) is 14.4 Å². The van der Waals surface area contributed by atoms with Crippen molar-refractivity contribution in [3.63, 3.8) is 0 Å². The molecule has 2 amide bonds. The number of piperidine rings is 1.